The Morgan fingerprint density at radius 3 is 2.31 bits per heavy atom. The first-order valence-corrected chi connectivity index (χ1v) is 6.05. The molecule has 1 aromatic heterocycles. The summed E-state index contributed by atoms with van der Waals surface area (Å²) in [6, 6.07) is 2.02. The molecule has 0 aromatic carbocycles. The first kappa shape index (κ1) is 11.3. The largest absolute Gasteiger partial charge is 0.357 e. The number of anilines is 1. The highest BCUT2D eigenvalue weighted by molar-refractivity contribution is 5.32. The van der Waals surface area contributed by atoms with Gasteiger partial charge in [-0.2, -0.15) is 0 Å². The summed E-state index contributed by atoms with van der Waals surface area (Å²) in [5, 5.41) is 0. The van der Waals surface area contributed by atoms with Gasteiger partial charge >= 0.3 is 0 Å². The lowest BCUT2D eigenvalue weighted by Crippen LogP contribution is -2.55. The Morgan fingerprint density at radius 2 is 1.81 bits per heavy atom. The molecule has 2 rings (SSSR count). The Kier molecular flexibility index (Phi) is 3.39. The lowest BCUT2D eigenvalue weighted by atomic mass is 9.97. The van der Waals surface area contributed by atoms with Crippen molar-refractivity contribution in [3.63, 3.8) is 0 Å². The quantitative estimate of drug-likeness (QED) is 0.793. The average molecular weight is 221 g/mol. The van der Waals surface area contributed by atoms with Crippen molar-refractivity contribution in [1.29, 1.82) is 0 Å². The molecule has 1 aliphatic heterocycles. The van der Waals surface area contributed by atoms with E-state index in [4.69, 9.17) is 0 Å². The Hall–Kier alpha value is -1.16. The minimum Gasteiger partial charge on any atom is -0.357 e. The van der Waals surface area contributed by atoms with Crippen LogP contribution in [0.2, 0.25) is 0 Å². The Morgan fingerprint density at radius 1 is 1.25 bits per heavy atom. The Labute approximate surface area is 96.9 Å². The first-order valence-electron chi connectivity index (χ1n) is 6.05. The summed E-state index contributed by atoms with van der Waals surface area (Å²) in [7, 11) is 0. The predicted octanol–water partition coefficient (Wildman–Crippen LogP) is 0.552. The van der Waals surface area contributed by atoms with Crippen molar-refractivity contribution < 1.29 is 5.73 Å². The van der Waals surface area contributed by atoms with E-state index in [1.807, 2.05) is 19.9 Å². The maximum absolute atomic E-state index is 4.51. The lowest BCUT2D eigenvalue weighted by molar-refractivity contribution is -0.379. The number of aromatic nitrogens is 2. The molecule has 16 heavy (non-hydrogen) atoms. The number of nitrogens with zero attached hydrogens (tertiary/aromatic N) is 3. The van der Waals surface area contributed by atoms with Crippen LogP contribution in [-0.4, -0.2) is 29.6 Å². The van der Waals surface area contributed by atoms with Crippen LogP contribution in [0, 0.1) is 19.8 Å². The maximum atomic E-state index is 4.51. The smallest absolute Gasteiger partial charge is 0.225 e. The highest BCUT2D eigenvalue weighted by Crippen LogP contribution is 2.19. The van der Waals surface area contributed by atoms with Gasteiger partial charge in [-0.15, -0.1) is 0 Å². The van der Waals surface area contributed by atoms with E-state index in [0.717, 1.165) is 42.9 Å². The highest BCUT2D eigenvalue weighted by Gasteiger charge is 2.21. The molecule has 0 saturated carbocycles. The maximum Gasteiger partial charge on any atom is 0.225 e. The van der Waals surface area contributed by atoms with Crippen LogP contribution in [0.1, 0.15) is 24.2 Å². The summed E-state index contributed by atoms with van der Waals surface area (Å²) in [5.74, 6) is 1.70. The molecule has 1 aromatic rings. The topological polar surface area (TPSA) is 56.7 Å². The molecule has 0 spiro atoms. The Balaban J connectivity index is 2.08. The van der Waals surface area contributed by atoms with Crippen LogP contribution in [0.15, 0.2) is 6.07 Å². The molecule has 2 heterocycles. The van der Waals surface area contributed by atoms with Gasteiger partial charge in [-0.1, -0.05) is 0 Å². The molecule has 1 fully saturated rings. The molecule has 0 radical (unpaired) electrons. The van der Waals surface area contributed by atoms with Crippen molar-refractivity contribution in [2.24, 2.45) is 5.92 Å². The summed E-state index contributed by atoms with van der Waals surface area (Å²) in [6.07, 6.45) is 2.44. The number of quaternary nitrogens is 1. The summed E-state index contributed by atoms with van der Waals surface area (Å²) < 4.78 is 0. The van der Waals surface area contributed by atoms with Gasteiger partial charge in [0.1, 0.15) is 0 Å². The molecular weight excluding hydrogens is 200 g/mol. The van der Waals surface area contributed by atoms with Crippen LogP contribution in [-0.2, 0) is 0 Å². The van der Waals surface area contributed by atoms with Gasteiger partial charge in [0.05, 0.1) is 6.54 Å². The normalized spacial score (nSPS) is 17.8. The van der Waals surface area contributed by atoms with Crippen molar-refractivity contribution in [3.8, 4) is 0 Å². The van der Waals surface area contributed by atoms with Crippen molar-refractivity contribution in [3.05, 3.63) is 17.5 Å². The molecule has 3 N–H and O–H groups in total. The zero-order valence-electron chi connectivity index (χ0n) is 10.2. The van der Waals surface area contributed by atoms with E-state index in [2.05, 4.69) is 20.6 Å². The van der Waals surface area contributed by atoms with E-state index in [-0.39, 0.29) is 0 Å². The third-order valence-electron chi connectivity index (χ3n) is 3.28. The van der Waals surface area contributed by atoms with Gasteiger partial charge in [-0.25, -0.2) is 9.97 Å². The molecule has 0 bridgehead atoms. The molecule has 4 heteroatoms. The zero-order valence-corrected chi connectivity index (χ0v) is 10.2. The molecule has 0 aliphatic carbocycles. The van der Waals surface area contributed by atoms with Crippen molar-refractivity contribution in [2.75, 3.05) is 24.5 Å². The fourth-order valence-electron chi connectivity index (χ4n) is 2.27. The van der Waals surface area contributed by atoms with E-state index >= 15 is 0 Å². The summed E-state index contributed by atoms with van der Waals surface area (Å²) in [6.45, 7) is 7.26. The van der Waals surface area contributed by atoms with E-state index in [1.165, 1.54) is 12.8 Å². The number of piperidine rings is 1. The second-order valence-corrected chi connectivity index (χ2v) is 4.67. The van der Waals surface area contributed by atoms with Crippen LogP contribution in [0.4, 0.5) is 5.95 Å². The monoisotopic (exact) mass is 221 g/mol. The highest BCUT2D eigenvalue weighted by atomic mass is 15.3. The second-order valence-electron chi connectivity index (χ2n) is 4.67. The van der Waals surface area contributed by atoms with Crippen LogP contribution in [0.25, 0.3) is 0 Å². The minimum atomic E-state index is 0.794. The first-order chi connectivity index (χ1) is 7.69. The van der Waals surface area contributed by atoms with Gasteiger partial charge < -0.3 is 10.6 Å². The predicted molar refractivity (Wildman–Crippen MR) is 64.2 cm³/mol. The Bertz CT molecular complexity index is 336. The van der Waals surface area contributed by atoms with Crippen LogP contribution < -0.4 is 10.6 Å². The van der Waals surface area contributed by atoms with Gasteiger partial charge in [0.25, 0.3) is 0 Å². The molecule has 1 aliphatic rings. The third-order valence-corrected chi connectivity index (χ3v) is 3.28. The SMILES string of the molecule is Cc1cc(C)nc(N2CCC(C[NH3+])CC2)n1. The number of aryl methyl sites for hydroxylation is 2. The van der Waals surface area contributed by atoms with E-state index in [9.17, 15) is 0 Å². The summed E-state index contributed by atoms with van der Waals surface area (Å²) in [4.78, 5) is 11.3. The van der Waals surface area contributed by atoms with Crippen molar-refractivity contribution >= 4 is 5.95 Å². The molecular formula is C12H21N4+. The van der Waals surface area contributed by atoms with Crippen molar-refractivity contribution in [1.82, 2.24) is 9.97 Å². The molecule has 1 saturated heterocycles. The molecule has 0 unspecified atom stereocenters. The molecule has 4 nitrogen and oxygen atoms in total. The number of hydrogen-bond donors (Lipinski definition) is 1. The third kappa shape index (κ3) is 2.50. The van der Waals surface area contributed by atoms with Gasteiger partial charge in [-0.05, 0) is 32.8 Å². The molecule has 0 amide bonds. The van der Waals surface area contributed by atoms with Gasteiger partial charge in [0, 0.05) is 30.4 Å². The van der Waals surface area contributed by atoms with Crippen LogP contribution in [0.5, 0.6) is 0 Å². The van der Waals surface area contributed by atoms with E-state index in [1.54, 1.807) is 0 Å². The van der Waals surface area contributed by atoms with E-state index in [0.29, 0.717) is 0 Å². The van der Waals surface area contributed by atoms with Gasteiger partial charge in [0.2, 0.25) is 5.95 Å². The van der Waals surface area contributed by atoms with Crippen LogP contribution in [0.3, 0.4) is 0 Å². The molecule has 88 valence electrons. The van der Waals surface area contributed by atoms with Crippen molar-refractivity contribution in [2.45, 2.75) is 26.7 Å². The second kappa shape index (κ2) is 4.78. The summed E-state index contributed by atoms with van der Waals surface area (Å²) in [5.41, 5.74) is 6.10. The van der Waals surface area contributed by atoms with Gasteiger partial charge in [-0.3, -0.25) is 0 Å². The summed E-state index contributed by atoms with van der Waals surface area (Å²) >= 11 is 0. The van der Waals surface area contributed by atoms with Gasteiger partial charge in [0.15, 0.2) is 0 Å². The number of hydrogen-bond acceptors (Lipinski definition) is 3. The molecule has 0 atom stereocenters. The average Bonchev–Trinajstić information content (AvgIpc) is 2.28. The zero-order chi connectivity index (χ0) is 11.5. The standard InChI is InChI=1S/C12H20N4/c1-9-7-10(2)15-12(14-9)16-5-3-11(8-13)4-6-16/h7,11H,3-6,8,13H2,1-2H3/p+1. The fourth-order valence-corrected chi connectivity index (χ4v) is 2.27. The lowest BCUT2D eigenvalue weighted by Gasteiger charge is -2.30. The van der Waals surface area contributed by atoms with Crippen LogP contribution >= 0.6 is 0 Å². The minimum absolute atomic E-state index is 0.794. The number of rotatable bonds is 2. The van der Waals surface area contributed by atoms with E-state index < -0.39 is 0 Å². The fraction of sp³-hybridized carbons (Fsp3) is 0.667.